The van der Waals surface area contributed by atoms with Crippen molar-refractivity contribution in [2.45, 2.75) is 16.8 Å². The van der Waals surface area contributed by atoms with Gasteiger partial charge in [0.2, 0.25) is 0 Å². The van der Waals surface area contributed by atoms with Gasteiger partial charge < -0.3 is 0 Å². The fourth-order valence-corrected chi connectivity index (χ4v) is 5.74. The molecule has 0 atom stereocenters. The van der Waals surface area contributed by atoms with Crippen LogP contribution in [-0.2, 0) is 22.6 Å². The minimum Gasteiger partial charge on any atom is -0.273 e. The Kier molecular flexibility index (Phi) is 3.85. The average molecular weight is 399 g/mol. The van der Waals surface area contributed by atoms with Gasteiger partial charge in [-0.2, -0.15) is 18.3 Å². The molecule has 0 radical (unpaired) electrons. The fourth-order valence-electron chi connectivity index (χ4n) is 2.86. The fraction of sp³-hybridized carbons (Fsp3) is 0.188. The van der Waals surface area contributed by atoms with Crippen LogP contribution in [0.15, 0.2) is 46.7 Å². The standard InChI is InChI=1S/C16H12F3N3O2S2/c17-16(18,19)14-9-11(20-21-14)13-5-6-15(25-13)26(23,24)22-8-7-10-3-1-2-4-12(10)22/h1-6,9H,7-8H2,(H,20,21). The molecule has 1 aromatic carbocycles. The predicted octanol–water partition coefficient (Wildman–Crippen LogP) is 3.91. The molecule has 10 heteroatoms. The second kappa shape index (κ2) is 5.85. The summed E-state index contributed by atoms with van der Waals surface area (Å²) in [6.45, 7) is 0.343. The number of sulfonamides is 1. The molecule has 2 aromatic heterocycles. The lowest BCUT2D eigenvalue weighted by molar-refractivity contribution is -0.141. The van der Waals surface area contributed by atoms with Gasteiger partial charge >= 0.3 is 6.18 Å². The number of nitrogens with one attached hydrogen (secondary N) is 1. The van der Waals surface area contributed by atoms with Gasteiger partial charge in [0.25, 0.3) is 10.0 Å². The number of aromatic nitrogens is 2. The minimum absolute atomic E-state index is 0.0607. The average Bonchev–Trinajstić information content (AvgIpc) is 3.31. The zero-order chi connectivity index (χ0) is 18.5. The van der Waals surface area contributed by atoms with Crippen LogP contribution in [-0.4, -0.2) is 25.2 Å². The van der Waals surface area contributed by atoms with Crippen molar-refractivity contribution in [3.8, 4) is 10.6 Å². The third-order valence-corrected chi connectivity index (χ3v) is 7.49. The molecule has 1 aliphatic heterocycles. The van der Waals surface area contributed by atoms with Crippen LogP contribution in [0.4, 0.5) is 18.9 Å². The van der Waals surface area contributed by atoms with E-state index in [1.165, 1.54) is 16.4 Å². The van der Waals surface area contributed by atoms with E-state index in [2.05, 4.69) is 5.10 Å². The van der Waals surface area contributed by atoms with Crippen LogP contribution in [0.1, 0.15) is 11.3 Å². The summed E-state index contributed by atoms with van der Waals surface area (Å²) in [5.74, 6) is 0. The van der Waals surface area contributed by atoms with Gasteiger partial charge in [0.15, 0.2) is 0 Å². The molecule has 3 heterocycles. The van der Waals surface area contributed by atoms with Gasteiger partial charge in [0, 0.05) is 6.54 Å². The number of aromatic amines is 1. The van der Waals surface area contributed by atoms with E-state index in [1.807, 2.05) is 17.2 Å². The van der Waals surface area contributed by atoms with E-state index >= 15 is 0 Å². The molecule has 1 N–H and O–H groups in total. The maximum absolute atomic E-state index is 12.9. The van der Waals surface area contributed by atoms with Crippen molar-refractivity contribution >= 4 is 27.0 Å². The normalized spacial score (nSPS) is 14.7. The maximum atomic E-state index is 12.9. The van der Waals surface area contributed by atoms with Gasteiger partial charge in [0.1, 0.15) is 15.6 Å². The molecule has 0 fully saturated rings. The molecule has 0 unspecified atom stereocenters. The smallest absolute Gasteiger partial charge is 0.273 e. The molecule has 136 valence electrons. The van der Waals surface area contributed by atoms with Crippen molar-refractivity contribution in [3.63, 3.8) is 0 Å². The number of alkyl halides is 3. The molecule has 1 aliphatic rings. The van der Waals surface area contributed by atoms with Gasteiger partial charge in [-0.15, -0.1) is 11.3 Å². The Morgan fingerprint density at radius 2 is 1.92 bits per heavy atom. The van der Waals surface area contributed by atoms with E-state index < -0.39 is 21.9 Å². The molecule has 26 heavy (non-hydrogen) atoms. The number of thiophene rings is 1. The molecule has 0 saturated heterocycles. The van der Waals surface area contributed by atoms with Crippen LogP contribution < -0.4 is 4.31 Å². The van der Waals surface area contributed by atoms with Gasteiger partial charge in [-0.1, -0.05) is 18.2 Å². The summed E-state index contributed by atoms with van der Waals surface area (Å²) in [7, 11) is -3.77. The SMILES string of the molecule is O=S(=O)(c1ccc(-c2cc(C(F)(F)F)[nH]n2)s1)N1CCc2ccccc21. The largest absolute Gasteiger partial charge is 0.432 e. The van der Waals surface area contributed by atoms with Gasteiger partial charge in [-0.25, -0.2) is 8.42 Å². The van der Waals surface area contributed by atoms with Crippen LogP contribution in [0.2, 0.25) is 0 Å². The number of halogens is 3. The van der Waals surface area contributed by atoms with E-state index in [-0.39, 0.29) is 9.90 Å². The van der Waals surface area contributed by atoms with Crippen molar-refractivity contribution in [3.05, 3.63) is 53.7 Å². The molecule has 4 rings (SSSR count). The van der Waals surface area contributed by atoms with E-state index in [0.717, 1.165) is 23.0 Å². The van der Waals surface area contributed by atoms with E-state index in [4.69, 9.17) is 0 Å². The number of nitrogens with zero attached hydrogens (tertiary/aromatic N) is 2. The number of rotatable bonds is 3. The van der Waals surface area contributed by atoms with Crippen molar-refractivity contribution in [1.82, 2.24) is 10.2 Å². The number of hydrogen-bond donors (Lipinski definition) is 1. The summed E-state index contributed by atoms with van der Waals surface area (Å²) in [5, 5.41) is 5.57. The second-order valence-corrected chi connectivity index (χ2v) is 8.91. The summed E-state index contributed by atoms with van der Waals surface area (Å²) in [5.41, 5.74) is 0.681. The third-order valence-electron chi connectivity index (χ3n) is 4.11. The summed E-state index contributed by atoms with van der Waals surface area (Å²) in [6.07, 6.45) is -3.90. The van der Waals surface area contributed by atoms with Gasteiger partial charge in [0.05, 0.1) is 10.6 Å². The highest BCUT2D eigenvalue weighted by atomic mass is 32.2. The molecular weight excluding hydrogens is 387 g/mol. The van der Waals surface area contributed by atoms with Crippen LogP contribution >= 0.6 is 11.3 Å². The molecule has 0 bridgehead atoms. The Labute approximate surface area is 151 Å². The summed E-state index contributed by atoms with van der Waals surface area (Å²) in [4.78, 5) is 0.350. The first-order valence-corrected chi connectivity index (χ1v) is 9.86. The molecule has 0 spiro atoms. The van der Waals surface area contributed by atoms with Crippen LogP contribution in [0.5, 0.6) is 0 Å². The minimum atomic E-state index is -4.53. The lowest BCUT2D eigenvalue weighted by atomic mass is 10.2. The van der Waals surface area contributed by atoms with Crippen molar-refractivity contribution < 1.29 is 21.6 Å². The Morgan fingerprint density at radius 1 is 1.15 bits per heavy atom. The lowest BCUT2D eigenvalue weighted by Crippen LogP contribution is -2.28. The first-order chi connectivity index (χ1) is 12.3. The Bertz CT molecular complexity index is 1070. The quantitative estimate of drug-likeness (QED) is 0.726. The molecular formula is C16H12F3N3O2S2. The number of benzene rings is 1. The Hall–Kier alpha value is -2.33. The van der Waals surface area contributed by atoms with Crippen molar-refractivity contribution in [1.29, 1.82) is 0 Å². The summed E-state index contributed by atoms with van der Waals surface area (Å²) < 4.78 is 65.3. The molecule has 0 amide bonds. The number of fused-ring (bicyclic) bond motifs is 1. The van der Waals surface area contributed by atoms with Crippen LogP contribution in [0, 0.1) is 0 Å². The van der Waals surface area contributed by atoms with Crippen molar-refractivity contribution in [2.24, 2.45) is 0 Å². The van der Waals surface area contributed by atoms with Crippen LogP contribution in [0.3, 0.4) is 0 Å². The molecule has 0 aliphatic carbocycles. The van der Waals surface area contributed by atoms with Gasteiger partial charge in [-0.3, -0.25) is 9.40 Å². The zero-order valence-corrected chi connectivity index (χ0v) is 14.7. The number of hydrogen-bond acceptors (Lipinski definition) is 4. The highest BCUT2D eigenvalue weighted by Gasteiger charge is 2.34. The Morgan fingerprint density at radius 3 is 2.65 bits per heavy atom. The maximum Gasteiger partial charge on any atom is 0.432 e. The number of para-hydroxylation sites is 1. The van der Waals surface area contributed by atoms with E-state index in [0.29, 0.717) is 23.5 Å². The molecule has 0 saturated carbocycles. The molecule has 3 aromatic rings. The third kappa shape index (κ3) is 2.78. The Balaban J connectivity index is 1.67. The molecule has 5 nitrogen and oxygen atoms in total. The highest BCUT2D eigenvalue weighted by molar-refractivity contribution is 7.94. The second-order valence-electron chi connectivity index (χ2n) is 5.74. The predicted molar refractivity (Wildman–Crippen MR) is 91.6 cm³/mol. The summed E-state index contributed by atoms with van der Waals surface area (Å²) in [6, 6.07) is 11.0. The number of anilines is 1. The van der Waals surface area contributed by atoms with E-state index in [1.54, 1.807) is 12.1 Å². The zero-order valence-electron chi connectivity index (χ0n) is 13.1. The first-order valence-electron chi connectivity index (χ1n) is 7.60. The summed E-state index contributed by atoms with van der Waals surface area (Å²) >= 11 is 0.899. The number of H-pyrrole nitrogens is 1. The first kappa shape index (κ1) is 17.1. The monoisotopic (exact) mass is 399 g/mol. The highest BCUT2D eigenvalue weighted by Crippen LogP contribution is 2.38. The van der Waals surface area contributed by atoms with Gasteiger partial charge in [-0.05, 0) is 36.2 Å². The van der Waals surface area contributed by atoms with Crippen molar-refractivity contribution in [2.75, 3.05) is 10.8 Å². The topological polar surface area (TPSA) is 66.1 Å². The van der Waals surface area contributed by atoms with Crippen LogP contribution in [0.25, 0.3) is 10.6 Å². The lowest BCUT2D eigenvalue weighted by Gasteiger charge is -2.18. The van der Waals surface area contributed by atoms with E-state index in [9.17, 15) is 21.6 Å².